The van der Waals surface area contributed by atoms with Gasteiger partial charge in [0.2, 0.25) is 5.91 Å². The van der Waals surface area contributed by atoms with Crippen LogP contribution < -0.4 is 10.6 Å². The van der Waals surface area contributed by atoms with Gasteiger partial charge in [0, 0.05) is 12.0 Å². The number of carbonyl (C=O) groups is 3. The largest absolute Gasteiger partial charge is 0.380 e. The van der Waals surface area contributed by atoms with Crippen molar-refractivity contribution in [2.75, 3.05) is 32.8 Å². The molecule has 2 heterocycles. The van der Waals surface area contributed by atoms with E-state index in [1.807, 2.05) is 6.92 Å². The van der Waals surface area contributed by atoms with Crippen molar-refractivity contribution >= 4 is 17.8 Å². The Hall–Kier alpha value is -1.63. The molecule has 2 saturated heterocycles. The van der Waals surface area contributed by atoms with Crippen LogP contribution in [0, 0.1) is 5.41 Å². The normalized spacial score (nSPS) is 22.1. The molecule has 0 atom stereocenters. The Morgan fingerprint density at radius 3 is 2.71 bits per heavy atom. The number of hydrogen-bond acceptors (Lipinski definition) is 4. The molecular formula is C10H15N3O4. The van der Waals surface area contributed by atoms with Crippen molar-refractivity contribution in [2.45, 2.75) is 6.92 Å². The van der Waals surface area contributed by atoms with Gasteiger partial charge >= 0.3 is 6.03 Å². The molecule has 0 spiro atoms. The number of amides is 4. The predicted octanol–water partition coefficient (Wildman–Crippen LogP) is -1.31. The zero-order chi connectivity index (χ0) is 12.5. The second-order valence-electron chi connectivity index (χ2n) is 4.72. The minimum atomic E-state index is -0.511. The van der Waals surface area contributed by atoms with E-state index in [0.29, 0.717) is 19.8 Å². The molecule has 2 N–H and O–H groups in total. The van der Waals surface area contributed by atoms with E-state index in [0.717, 1.165) is 4.90 Å². The molecule has 0 saturated carbocycles. The minimum Gasteiger partial charge on any atom is -0.380 e. The Morgan fingerprint density at radius 1 is 1.53 bits per heavy atom. The molecule has 2 aliphatic rings. The summed E-state index contributed by atoms with van der Waals surface area (Å²) in [4.78, 5) is 34.9. The Kier molecular flexibility index (Phi) is 3.01. The van der Waals surface area contributed by atoms with E-state index in [2.05, 4.69) is 10.6 Å². The van der Waals surface area contributed by atoms with Crippen molar-refractivity contribution in [1.82, 2.24) is 15.5 Å². The summed E-state index contributed by atoms with van der Waals surface area (Å²) in [6, 6.07) is -0.511. The first-order valence-electron chi connectivity index (χ1n) is 5.43. The number of imide groups is 1. The van der Waals surface area contributed by atoms with Crippen molar-refractivity contribution in [1.29, 1.82) is 0 Å². The Balaban J connectivity index is 1.77. The lowest BCUT2D eigenvalue weighted by molar-refractivity contribution is -0.133. The number of rotatable bonds is 4. The van der Waals surface area contributed by atoms with Gasteiger partial charge in [-0.2, -0.15) is 0 Å². The van der Waals surface area contributed by atoms with Crippen molar-refractivity contribution in [2.24, 2.45) is 5.41 Å². The molecule has 0 bridgehead atoms. The van der Waals surface area contributed by atoms with Gasteiger partial charge in [0.05, 0.1) is 19.8 Å². The molecule has 4 amide bonds. The van der Waals surface area contributed by atoms with Crippen molar-refractivity contribution in [3.8, 4) is 0 Å². The molecule has 0 aromatic rings. The topological polar surface area (TPSA) is 87.7 Å². The number of carbonyl (C=O) groups excluding carboxylic acids is 3. The molecule has 94 valence electrons. The molecule has 7 nitrogen and oxygen atoms in total. The highest BCUT2D eigenvalue weighted by molar-refractivity contribution is 6.04. The number of hydrogen-bond donors (Lipinski definition) is 2. The monoisotopic (exact) mass is 241 g/mol. The lowest BCUT2D eigenvalue weighted by atomic mass is 9.89. The third-order valence-corrected chi connectivity index (χ3v) is 2.85. The van der Waals surface area contributed by atoms with Gasteiger partial charge in [-0.1, -0.05) is 6.92 Å². The molecule has 7 heteroatoms. The molecule has 17 heavy (non-hydrogen) atoms. The Labute approximate surface area is 98.5 Å². The Morgan fingerprint density at radius 2 is 2.24 bits per heavy atom. The molecule has 0 unspecified atom stereocenters. The summed E-state index contributed by atoms with van der Waals surface area (Å²) in [6.07, 6.45) is 0. The highest BCUT2D eigenvalue weighted by Gasteiger charge is 2.34. The van der Waals surface area contributed by atoms with Gasteiger partial charge in [-0.05, 0) is 0 Å². The summed E-state index contributed by atoms with van der Waals surface area (Å²) in [5.74, 6) is -0.702. The van der Waals surface area contributed by atoms with Crippen LogP contribution in [0.1, 0.15) is 6.92 Å². The average Bonchev–Trinajstić information content (AvgIpc) is 2.55. The summed E-state index contributed by atoms with van der Waals surface area (Å²) >= 11 is 0. The van der Waals surface area contributed by atoms with Crippen LogP contribution in [-0.4, -0.2) is 55.6 Å². The van der Waals surface area contributed by atoms with Crippen LogP contribution in [0.5, 0.6) is 0 Å². The van der Waals surface area contributed by atoms with Gasteiger partial charge < -0.3 is 15.4 Å². The Bertz CT molecular complexity index is 349. The van der Waals surface area contributed by atoms with E-state index in [4.69, 9.17) is 4.74 Å². The van der Waals surface area contributed by atoms with Crippen LogP contribution >= 0.6 is 0 Å². The van der Waals surface area contributed by atoms with E-state index in [1.165, 1.54) is 0 Å². The molecule has 0 radical (unpaired) electrons. The fraction of sp³-hybridized carbons (Fsp3) is 0.700. The minimum absolute atomic E-state index is 0.0209. The van der Waals surface area contributed by atoms with Crippen LogP contribution in [-0.2, 0) is 14.3 Å². The van der Waals surface area contributed by atoms with Crippen molar-refractivity contribution in [3.05, 3.63) is 0 Å². The number of ether oxygens (including phenoxy) is 1. The van der Waals surface area contributed by atoms with E-state index < -0.39 is 6.03 Å². The molecule has 0 aromatic carbocycles. The number of nitrogens with zero attached hydrogens (tertiary/aromatic N) is 1. The second kappa shape index (κ2) is 4.33. The maximum Gasteiger partial charge on any atom is 0.325 e. The highest BCUT2D eigenvalue weighted by Crippen LogP contribution is 2.24. The van der Waals surface area contributed by atoms with Crippen LogP contribution in [0.4, 0.5) is 4.79 Å². The van der Waals surface area contributed by atoms with Gasteiger partial charge in [0.1, 0.15) is 6.54 Å². The second-order valence-corrected chi connectivity index (χ2v) is 4.72. The quantitative estimate of drug-likeness (QED) is 0.598. The lowest BCUT2D eigenvalue weighted by Gasteiger charge is -2.38. The molecule has 2 rings (SSSR count). The lowest BCUT2D eigenvalue weighted by Crippen LogP contribution is -2.50. The third kappa shape index (κ3) is 2.55. The number of nitrogens with one attached hydrogen (secondary N) is 2. The first kappa shape index (κ1) is 11.8. The molecule has 0 aromatic heterocycles. The summed E-state index contributed by atoms with van der Waals surface area (Å²) in [6.45, 7) is 3.49. The van der Waals surface area contributed by atoms with Crippen LogP contribution in [0.2, 0.25) is 0 Å². The SMILES string of the molecule is CC1(CNC(=O)CN2C(=O)CNC2=O)COC1. The van der Waals surface area contributed by atoms with Gasteiger partial charge in [-0.3, -0.25) is 14.5 Å². The van der Waals surface area contributed by atoms with Crippen LogP contribution in [0.15, 0.2) is 0 Å². The zero-order valence-corrected chi connectivity index (χ0v) is 9.62. The first-order chi connectivity index (χ1) is 8.00. The molecule has 2 fully saturated rings. The predicted molar refractivity (Wildman–Crippen MR) is 57.0 cm³/mol. The zero-order valence-electron chi connectivity index (χ0n) is 9.62. The molecule has 2 aliphatic heterocycles. The van der Waals surface area contributed by atoms with Gasteiger partial charge in [-0.25, -0.2) is 4.79 Å². The van der Waals surface area contributed by atoms with E-state index in [9.17, 15) is 14.4 Å². The molecule has 0 aliphatic carbocycles. The fourth-order valence-electron chi connectivity index (χ4n) is 1.68. The summed E-state index contributed by atoms with van der Waals surface area (Å²) < 4.78 is 5.06. The highest BCUT2D eigenvalue weighted by atomic mass is 16.5. The third-order valence-electron chi connectivity index (χ3n) is 2.85. The van der Waals surface area contributed by atoms with E-state index in [-0.39, 0.29) is 30.3 Å². The van der Waals surface area contributed by atoms with Crippen LogP contribution in [0.3, 0.4) is 0 Å². The smallest absolute Gasteiger partial charge is 0.325 e. The van der Waals surface area contributed by atoms with Crippen LogP contribution in [0.25, 0.3) is 0 Å². The van der Waals surface area contributed by atoms with Crippen molar-refractivity contribution < 1.29 is 19.1 Å². The summed E-state index contributed by atoms with van der Waals surface area (Å²) in [7, 11) is 0. The van der Waals surface area contributed by atoms with E-state index in [1.54, 1.807) is 0 Å². The summed E-state index contributed by atoms with van der Waals surface area (Å²) in [5, 5.41) is 5.06. The first-order valence-corrected chi connectivity index (χ1v) is 5.43. The average molecular weight is 241 g/mol. The van der Waals surface area contributed by atoms with E-state index >= 15 is 0 Å². The molecular weight excluding hydrogens is 226 g/mol. The van der Waals surface area contributed by atoms with Gasteiger partial charge in [0.25, 0.3) is 5.91 Å². The summed E-state index contributed by atoms with van der Waals surface area (Å²) in [5.41, 5.74) is -0.0209. The van der Waals surface area contributed by atoms with Gasteiger partial charge in [0.15, 0.2) is 0 Å². The maximum atomic E-state index is 11.6. The van der Waals surface area contributed by atoms with Gasteiger partial charge in [-0.15, -0.1) is 0 Å². The number of urea groups is 1. The standard InChI is InChI=1S/C10H15N3O4/c1-10(5-17-6-10)4-12-7(14)3-13-8(15)2-11-9(13)16/h2-6H2,1H3,(H,11,16)(H,12,14). The van der Waals surface area contributed by atoms with Crippen molar-refractivity contribution in [3.63, 3.8) is 0 Å². The fourth-order valence-corrected chi connectivity index (χ4v) is 1.68. The maximum absolute atomic E-state index is 11.6.